The van der Waals surface area contributed by atoms with Crippen LogP contribution in [0.2, 0.25) is 0 Å². The Balaban J connectivity index is 2.87. The highest BCUT2D eigenvalue weighted by Crippen LogP contribution is 2.18. The maximum Gasteiger partial charge on any atom is 0.513 e. The third-order valence-corrected chi connectivity index (χ3v) is 1.45. The molecule has 1 aromatic carbocycles. The summed E-state index contributed by atoms with van der Waals surface area (Å²) < 4.78 is 21.7. The molecule has 0 aromatic heterocycles. The average Bonchev–Trinajstić information content (AvgIpc) is 2.11. The van der Waals surface area contributed by atoms with Gasteiger partial charge in [0, 0.05) is 0 Å². The Kier molecular flexibility index (Phi) is 2.84. The number of hydrogen-bond acceptors (Lipinski definition) is 3. The van der Waals surface area contributed by atoms with Crippen LogP contribution in [0.3, 0.4) is 0 Å². The molecule has 0 atom stereocenters. The van der Waals surface area contributed by atoms with Crippen LogP contribution in [-0.2, 0) is 4.74 Å². The molecule has 3 nitrogen and oxygen atoms in total. The smallest absolute Gasteiger partial charge is 0.437 e. The zero-order valence-corrected chi connectivity index (χ0v) is 7.33. The van der Waals surface area contributed by atoms with E-state index < -0.39 is 12.0 Å². The quantitative estimate of drug-likeness (QED) is 0.496. The lowest BCUT2D eigenvalue weighted by molar-refractivity contribution is 0.119. The van der Waals surface area contributed by atoms with Crippen molar-refractivity contribution < 1.29 is 18.7 Å². The molecule has 70 valence electrons. The van der Waals surface area contributed by atoms with E-state index in [2.05, 4.69) is 9.47 Å². The van der Waals surface area contributed by atoms with E-state index in [1.165, 1.54) is 12.1 Å². The van der Waals surface area contributed by atoms with Crippen LogP contribution in [-0.4, -0.2) is 13.3 Å². The van der Waals surface area contributed by atoms with Gasteiger partial charge >= 0.3 is 6.16 Å². The number of methoxy groups -OCH3 is 1. The first kappa shape index (κ1) is 9.51. The van der Waals surface area contributed by atoms with Gasteiger partial charge in [0.25, 0.3) is 0 Å². The first-order chi connectivity index (χ1) is 6.13. The summed E-state index contributed by atoms with van der Waals surface area (Å²) >= 11 is 0. The highest BCUT2D eigenvalue weighted by atomic mass is 19.1. The molecule has 1 aromatic rings. The van der Waals surface area contributed by atoms with E-state index in [0.717, 1.165) is 12.7 Å². The molecule has 0 aliphatic rings. The summed E-state index contributed by atoms with van der Waals surface area (Å²) in [5.74, 6) is -0.706. The monoisotopic (exact) mass is 184 g/mol. The SMILES string of the molecule is COC(=O)Oc1cc(C)ccc1F. The maximum absolute atomic E-state index is 12.9. The molecule has 0 saturated carbocycles. The van der Waals surface area contributed by atoms with E-state index >= 15 is 0 Å². The van der Waals surface area contributed by atoms with Gasteiger partial charge in [0.2, 0.25) is 0 Å². The fraction of sp³-hybridized carbons (Fsp3) is 0.222. The maximum atomic E-state index is 12.9. The van der Waals surface area contributed by atoms with Crippen LogP contribution in [0.25, 0.3) is 0 Å². The van der Waals surface area contributed by atoms with E-state index in [4.69, 9.17) is 0 Å². The zero-order chi connectivity index (χ0) is 9.84. The van der Waals surface area contributed by atoms with Crippen molar-refractivity contribution in [1.29, 1.82) is 0 Å². The van der Waals surface area contributed by atoms with Crippen molar-refractivity contribution in [3.05, 3.63) is 29.6 Å². The summed E-state index contributed by atoms with van der Waals surface area (Å²) in [6, 6.07) is 4.24. The van der Waals surface area contributed by atoms with Crippen molar-refractivity contribution in [2.45, 2.75) is 6.92 Å². The molecular weight excluding hydrogens is 175 g/mol. The molecule has 0 amide bonds. The van der Waals surface area contributed by atoms with Gasteiger partial charge in [-0.25, -0.2) is 9.18 Å². The van der Waals surface area contributed by atoms with Gasteiger partial charge in [-0.05, 0) is 24.6 Å². The Morgan fingerprint density at radius 1 is 1.46 bits per heavy atom. The summed E-state index contributed by atoms with van der Waals surface area (Å²) in [5, 5.41) is 0. The summed E-state index contributed by atoms with van der Waals surface area (Å²) in [6.07, 6.45) is -0.926. The van der Waals surface area contributed by atoms with Crippen molar-refractivity contribution in [3.63, 3.8) is 0 Å². The molecule has 0 saturated heterocycles. The highest BCUT2D eigenvalue weighted by molar-refractivity contribution is 5.63. The molecule has 1 rings (SSSR count). The van der Waals surface area contributed by atoms with Crippen LogP contribution in [0.5, 0.6) is 5.75 Å². The standard InChI is InChI=1S/C9H9FO3/c1-6-3-4-7(10)8(5-6)13-9(11)12-2/h3-5H,1-2H3. The number of halogens is 1. The Morgan fingerprint density at radius 3 is 2.77 bits per heavy atom. The number of benzene rings is 1. The largest absolute Gasteiger partial charge is 0.513 e. The average molecular weight is 184 g/mol. The third-order valence-electron chi connectivity index (χ3n) is 1.45. The van der Waals surface area contributed by atoms with E-state index in [1.54, 1.807) is 13.0 Å². The summed E-state index contributed by atoms with van der Waals surface area (Å²) in [4.78, 5) is 10.6. The third kappa shape index (κ3) is 2.43. The summed E-state index contributed by atoms with van der Waals surface area (Å²) in [5.41, 5.74) is 0.806. The Hall–Kier alpha value is -1.58. The van der Waals surface area contributed by atoms with Gasteiger partial charge in [-0.1, -0.05) is 6.07 Å². The van der Waals surface area contributed by atoms with Crippen LogP contribution < -0.4 is 4.74 Å². The fourth-order valence-corrected chi connectivity index (χ4v) is 0.820. The molecule has 13 heavy (non-hydrogen) atoms. The summed E-state index contributed by atoms with van der Waals surface area (Å²) in [6.45, 7) is 1.77. The number of ether oxygens (including phenoxy) is 2. The predicted octanol–water partition coefficient (Wildman–Crippen LogP) is 2.28. The topological polar surface area (TPSA) is 35.5 Å². The number of rotatable bonds is 1. The molecule has 4 heteroatoms. The Bertz CT molecular complexity index is 323. The van der Waals surface area contributed by atoms with Gasteiger partial charge in [0.15, 0.2) is 11.6 Å². The summed E-state index contributed by atoms with van der Waals surface area (Å²) in [7, 11) is 1.16. The van der Waals surface area contributed by atoms with Gasteiger partial charge in [-0.15, -0.1) is 0 Å². The minimum absolute atomic E-state index is 0.119. The molecule has 0 radical (unpaired) electrons. The lowest BCUT2D eigenvalue weighted by Gasteiger charge is -2.03. The fourth-order valence-electron chi connectivity index (χ4n) is 0.820. The minimum atomic E-state index is -0.926. The van der Waals surface area contributed by atoms with Gasteiger partial charge in [-0.2, -0.15) is 0 Å². The van der Waals surface area contributed by atoms with Crippen molar-refractivity contribution >= 4 is 6.16 Å². The number of hydrogen-bond donors (Lipinski definition) is 0. The highest BCUT2D eigenvalue weighted by Gasteiger charge is 2.08. The number of carbonyl (C=O) groups excluding carboxylic acids is 1. The lowest BCUT2D eigenvalue weighted by Crippen LogP contribution is -2.08. The van der Waals surface area contributed by atoms with Gasteiger partial charge in [0.1, 0.15) is 0 Å². The van der Waals surface area contributed by atoms with Crippen molar-refractivity contribution in [2.24, 2.45) is 0 Å². The van der Waals surface area contributed by atoms with Crippen LogP contribution in [0.15, 0.2) is 18.2 Å². The molecule has 0 aliphatic heterocycles. The molecule has 0 N–H and O–H groups in total. The molecule has 0 unspecified atom stereocenters. The van der Waals surface area contributed by atoms with Crippen LogP contribution >= 0.6 is 0 Å². The van der Waals surface area contributed by atoms with Crippen LogP contribution in [0.1, 0.15) is 5.56 Å². The second kappa shape index (κ2) is 3.89. The Morgan fingerprint density at radius 2 is 2.15 bits per heavy atom. The lowest BCUT2D eigenvalue weighted by atomic mass is 10.2. The van der Waals surface area contributed by atoms with Crippen molar-refractivity contribution in [3.8, 4) is 5.75 Å². The minimum Gasteiger partial charge on any atom is -0.437 e. The van der Waals surface area contributed by atoms with Gasteiger partial charge in [0.05, 0.1) is 7.11 Å². The predicted molar refractivity (Wildman–Crippen MR) is 44.2 cm³/mol. The molecule has 0 aliphatic carbocycles. The Labute approximate surface area is 75.1 Å². The number of carbonyl (C=O) groups is 1. The van der Waals surface area contributed by atoms with E-state index in [-0.39, 0.29) is 5.75 Å². The molecule has 0 spiro atoms. The van der Waals surface area contributed by atoms with E-state index in [9.17, 15) is 9.18 Å². The first-order valence-corrected chi connectivity index (χ1v) is 3.65. The second-order valence-corrected chi connectivity index (χ2v) is 2.49. The normalized spacial score (nSPS) is 9.46. The first-order valence-electron chi connectivity index (χ1n) is 3.65. The van der Waals surface area contributed by atoms with Crippen molar-refractivity contribution in [1.82, 2.24) is 0 Å². The zero-order valence-electron chi connectivity index (χ0n) is 7.33. The van der Waals surface area contributed by atoms with Crippen LogP contribution in [0.4, 0.5) is 9.18 Å². The molecule has 0 fully saturated rings. The second-order valence-electron chi connectivity index (χ2n) is 2.49. The number of aryl methyl sites for hydroxylation is 1. The molecule has 0 bridgehead atoms. The molecular formula is C9H9FO3. The van der Waals surface area contributed by atoms with E-state index in [0.29, 0.717) is 0 Å². The van der Waals surface area contributed by atoms with Gasteiger partial charge < -0.3 is 9.47 Å². The van der Waals surface area contributed by atoms with Gasteiger partial charge in [-0.3, -0.25) is 0 Å². The van der Waals surface area contributed by atoms with Crippen LogP contribution in [0, 0.1) is 12.7 Å². The van der Waals surface area contributed by atoms with Crippen molar-refractivity contribution in [2.75, 3.05) is 7.11 Å². The van der Waals surface area contributed by atoms with E-state index in [1.807, 2.05) is 0 Å². The molecule has 0 heterocycles.